The molecule has 0 aromatic carbocycles. The van der Waals surface area contributed by atoms with Crippen LogP contribution in [0.25, 0.3) is 0 Å². The van der Waals surface area contributed by atoms with Crippen LogP contribution in [0.2, 0.25) is 0 Å². The Labute approximate surface area is 179 Å². The summed E-state index contributed by atoms with van der Waals surface area (Å²) < 4.78 is 17.4. The second-order valence-corrected chi connectivity index (χ2v) is 10.1. The number of hydrogen-bond donors (Lipinski definition) is 0. The first-order chi connectivity index (χ1) is 14.0. The van der Waals surface area contributed by atoms with E-state index in [0.717, 1.165) is 6.42 Å². The van der Waals surface area contributed by atoms with Gasteiger partial charge in [-0.15, -0.1) is 0 Å². The van der Waals surface area contributed by atoms with Crippen molar-refractivity contribution in [2.24, 2.45) is 34.5 Å². The van der Waals surface area contributed by atoms with E-state index >= 15 is 0 Å². The first-order valence-corrected chi connectivity index (χ1v) is 11.3. The Kier molecular flexibility index (Phi) is 6.09. The zero-order valence-corrected chi connectivity index (χ0v) is 19.2. The lowest BCUT2D eigenvalue weighted by Crippen LogP contribution is -2.51. The maximum absolute atomic E-state index is 13.1. The summed E-state index contributed by atoms with van der Waals surface area (Å²) >= 11 is 0. The summed E-state index contributed by atoms with van der Waals surface area (Å²) in [6.45, 7) is 15.9. The van der Waals surface area contributed by atoms with Crippen molar-refractivity contribution in [2.75, 3.05) is 6.61 Å². The molecule has 6 nitrogen and oxygen atoms in total. The number of rotatable bonds is 5. The highest BCUT2D eigenvalue weighted by Gasteiger charge is 2.72. The normalized spacial score (nSPS) is 39.0. The fourth-order valence-electron chi connectivity index (χ4n) is 5.59. The van der Waals surface area contributed by atoms with Gasteiger partial charge in [0.05, 0.1) is 11.8 Å². The number of hydrogen-bond acceptors (Lipinski definition) is 6. The number of fused-ring (bicyclic) bond motifs is 1. The van der Waals surface area contributed by atoms with Crippen LogP contribution in [0.5, 0.6) is 0 Å². The molecular formula is C24H36O6. The molecule has 168 valence electrons. The van der Waals surface area contributed by atoms with Gasteiger partial charge in [-0.25, -0.2) is 0 Å². The van der Waals surface area contributed by atoms with Gasteiger partial charge in [0.2, 0.25) is 0 Å². The van der Waals surface area contributed by atoms with Gasteiger partial charge in [0.15, 0.2) is 0 Å². The number of carbonyl (C=O) groups excluding carboxylic acids is 3. The minimum atomic E-state index is -1.07. The predicted octanol–water partition coefficient (Wildman–Crippen LogP) is 4.07. The summed E-state index contributed by atoms with van der Waals surface area (Å²) in [4.78, 5) is 38.4. The van der Waals surface area contributed by atoms with E-state index in [1.54, 1.807) is 13.8 Å². The van der Waals surface area contributed by atoms with Crippen LogP contribution in [-0.2, 0) is 28.6 Å². The molecule has 30 heavy (non-hydrogen) atoms. The number of ether oxygens (including phenoxy) is 3. The summed E-state index contributed by atoms with van der Waals surface area (Å²) in [7, 11) is 0. The molecule has 1 spiro atoms. The molecule has 0 aromatic heterocycles. The summed E-state index contributed by atoms with van der Waals surface area (Å²) in [5.74, 6) is -1.50. The molecule has 3 aliphatic rings. The second kappa shape index (κ2) is 8.01. The van der Waals surface area contributed by atoms with E-state index in [-0.39, 0.29) is 53.6 Å². The van der Waals surface area contributed by atoms with Gasteiger partial charge in [0.25, 0.3) is 0 Å². The van der Waals surface area contributed by atoms with Gasteiger partial charge in [0.1, 0.15) is 24.2 Å². The molecule has 0 radical (unpaired) electrons. The van der Waals surface area contributed by atoms with E-state index in [1.165, 1.54) is 0 Å². The molecule has 0 aromatic rings. The Morgan fingerprint density at radius 1 is 1.20 bits per heavy atom. The zero-order chi connectivity index (χ0) is 22.4. The molecule has 1 heterocycles. The van der Waals surface area contributed by atoms with Crippen molar-refractivity contribution in [1.82, 2.24) is 0 Å². The molecular weight excluding hydrogens is 384 g/mol. The van der Waals surface area contributed by atoms with Crippen molar-refractivity contribution < 1.29 is 28.6 Å². The lowest BCUT2D eigenvalue weighted by Gasteiger charge is -2.47. The fraction of sp³-hybridized carbons (Fsp3) is 0.792. The van der Waals surface area contributed by atoms with Gasteiger partial charge in [-0.2, -0.15) is 0 Å². The maximum Gasteiger partial charge on any atom is 0.320 e. The first-order valence-electron chi connectivity index (χ1n) is 11.3. The molecule has 0 amide bonds. The lowest BCUT2D eigenvalue weighted by atomic mass is 9.61. The van der Waals surface area contributed by atoms with Crippen LogP contribution >= 0.6 is 0 Å². The molecule has 3 rings (SSSR count). The van der Waals surface area contributed by atoms with Gasteiger partial charge in [-0.3, -0.25) is 14.4 Å². The van der Waals surface area contributed by atoms with Crippen molar-refractivity contribution in [1.29, 1.82) is 0 Å². The molecule has 1 aliphatic heterocycles. The van der Waals surface area contributed by atoms with Crippen LogP contribution in [0.4, 0.5) is 0 Å². The second-order valence-electron chi connectivity index (χ2n) is 10.1. The number of carbonyl (C=O) groups is 3. The molecule has 0 bridgehead atoms. The molecule has 0 N–H and O–H groups in total. The SMILES string of the molecule is C=C1COC(=O)[C@]12C[C@@]1(C)[C@H]([C@@H](OC(=O)[C@H](C)CC)CC[C@@H]1C)[C@H]2OC(=O)C(C)C. The van der Waals surface area contributed by atoms with E-state index in [1.807, 2.05) is 13.8 Å². The monoisotopic (exact) mass is 420 g/mol. The molecule has 2 saturated carbocycles. The Hall–Kier alpha value is -1.85. The topological polar surface area (TPSA) is 78.9 Å². The summed E-state index contributed by atoms with van der Waals surface area (Å²) in [6.07, 6.45) is 1.63. The smallest absolute Gasteiger partial charge is 0.320 e. The summed E-state index contributed by atoms with van der Waals surface area (Å²) in [5.41, 5.74) is -0.750. The standard InChI is InChI=1S/C24H36O6/c1-8-14(4)21(26)29-17-10-9-15(5)23(7)12-24(16(6)11-28-22(24)27)19(18(17)23)30-20(25)13(2)3/h13-15,17-19H,6,8-12H2,1-5,7H3/t14-,15+,17+,18-,19-,23-,24-/m1/s1. The Morgan fingerprint density at radius 3 is 2.40 bits per heavy atom. The third kappa shape index (κ3) is 3.36. The average Bonchev–Trinajstić information content (AvgIpc) is 3.13. The van der Waals surface area contributed by atoms with Crippen molar-refractivity contribution >= 4 is 17.9 Å². The largest absolute Gasteiger partial charge is 0.462 e. The lowest BCUT2D eigenvalue weighted by molar-refractivity contribution is -0.180. The van der Waals surface area contributed by atoms with E-state index in [9.17, 15) is 14.4 Å². The highest BCUT2D eigenvalue weighted by Crippen LogP contribution is 2.66. The summed E-state index contributed by atoms with van der Waals surface area (Å²) in [6, 6.07) is 0. The minimum absolute atomic E-state index is 0.142. The van der Waals surface area contributed by atoms with Crippen LogP contribution in [0.15, 0.2) is 12.2 Å². The van der Waals surface area contributed by atoms with Crippen molar-refractivity contribution in [3.63, 3.8) is 0 Å². The van der Waals surface area contributed by atoms with Gasteiger partial charge < -0.3 is 14.2 Å². The molecule has 2 aliphatic carbocycles. The Balaban J connectivity index is 2.06. The van der Waals surface area contributed by atoms with Gasteiger partial charge in [0, 0.05) is 5.92 Å². The zero-order valence-electron chi connectivity index (χ0n) is 19.2. The number of cyclic esters (lactones) is 1. The summed E-state index contributed by atoms with van der Waals surface area (Å²) in [5, 5.41) is 0. The quantitative estimate of drug-likeness (QED) is 0.379. The van der Waals surface area contributed by atoms with Gasteiger partial charge in [-0.05, 0) is 42.6 Å². The van der Waals surface area contributed by atoms with Crippen LogP contribution < -0.4 is 0 Å². The van der Waals surface area contributed by atoms with E-state index in [4.69, 9.17) is 14.2 Å². The van der Waals surface area contributed by atoms with Crippen LogP contribution in [0, 0.1) is 34.5 Å². The third-order valence-corrected chi connectivity index (χ3v) is 8.01. The van der Waals surface area contributed by atoms with Crippen LogP contribution in [-0.4, -0.2) is 36.7 Å². The highest BCUT2D eigenvalue weighted by molar-refractivity contribution is 5.86. The number of esters is 3. The van der Waals surface area contributed by atoms with Gasteiger partial charge >= 0.3 is 17.9 Å². The first kappa shape index (κ1) is 22.8. The van der Waals surface area contributed by atoms with Crippen LogP contribution in [0.3, 0.4) is 0 Å². The van der Waals surface area contributed by atoms with Crippen molar-refractivity contribution in [3.8, 4) is 0 Å². The molecule has 1 saturated heterocycles. The van der Waals surface area contributed by atoms with Crippen molar-refractivity contribution in [3.05, 3.63) is 12.2 Å². The van der Waals surface area contributed by atoms with Crippen molar-refractivity contribution in [2.45, 2.75) is 79.4 Å². The Morgan fingerprint density at radius 2 is 1.87 bits per heavy atom. The third-order valence-electron chi connectivity index (χ3n) is 8.01. The molecule has 3 fully saturated rings. The van der Waals surface area contributed by atoms with E-state index < -0.39 is 17.6 Å². The predicted molar refractivity (Wildman–Crippen MR) is 111 cm³/mol. The highest BCUT2D eigenvalue weighted by atomic mass is 16.6. The Bertz CT molecular complexity index is 724. The fourth-order valence-corrected chi connectivity index (χ4v) is 5.59. The average molecular weight is 421 g/mol. The minimum Gasteiger partial charge on any atom is -0.462 e. The van der Waals surface area contributed by atoms with E-state index in [0.29, 0.717) is 24.8 Å². The molecule has 7 atom stereocenters. The molecule has 6 heteroatoms. The van der Waals surface area contributed by atoms with E-state index in [2.05, 4.69) is 20.4 Å². The van der Waals surface area contributed by atoms with Gasteiger partial charge in [-0.1, -0.05) is 48.1 Å². The maximum atomic E-state index is 13.1. The van der Waals surface area contributed by atoms with Crippen LogP contribution in [0.1, 0.15) is 67.2 Å². The molecule has 0 unspecified atom stereocenters.